The van der Waals surface area contributed by atoms with Crippen molar-refractivity contribution in [2.24, 2.45) is 5.92 Å². The molecule has 4 heterocycles. The Hall–Kier alpha value is -3.55. The summed E-state index contributed by atoms with van der Waals surface area (Å²) in [5.41, 5.74) is 3.98. The molecule has 2 N–H and O–H groups in total. The Balaban J connectivity index is 1.12. The molecule has 0 spiro atoms. The van der Waals surface area contributed by atoms with Crippen molar-refractivity contribution in [1.29, 1.82) is 0 Å². The number of nitrogens with zero attached hydrogens (tertiary/aromatic N) is 5. The molecule has 1 unspecified atom stereocenters. The summed E-state index contributed by atoms with van der Waals surface area (Å²) in [6.45, 7) is 0.928. The van der Waals surface area contributed by atoms with Crippen LogP contribution in [0.25, 0.3) is 33.1 Å². The smallest absolute Gasteiger partial charge is 0.224 e. The molecule has 8 heteroatoms. The minimum Gasteiger partial charge on any atom is -0.351 e. The maximum Gasteiger partial charge on any atom is 0.224 e. The van der Waals surface area contributed by atoms with Gasteiger partial charge in [0.1, 0.15) is 5.65 Å². The first-order valence-corrected chi connectivity index (χ1v) is 10.8. The van der Waals surface area contributed by atoms with E-state index < -0.39 is 0 Å². The highest BCUT2D eigenvalue weighted by Crippen LogP contribution is 2.64. The fraction of sp³-hybridized carbons (Fsp3) is 0.348. The molecular formula is C23H21N7O. The van der Waals surface area contributed by atoms with Crippen LogP contribution in [-0.2, 0) is 4.79 Å². The number of hydrogen-bond donors (Lipinski definition) is 2. The van der Waals surface area contributed by atoms with Crippen molar-refractivity contribution in [3.05, 3.63) is 42.9 Å². The van der Waals surface area contributed by atoms with Gasteiger partial charge in [0.05, 0.1) is 17.3 Å². The highest BCUT2D eigenvalue weighted by atomic mass is 16.2. The van der Waals surface area contributed by atoms with E-state index in [2.05, 4.69) is 36.4 Å². The number of carbonyl (C=O) groups is 1. The largest absolute Gasteiger partial charge is 0.351 e. The number of aromatic nitrogens is 5. The summed E-state index contributed by atoms with van der Waals surface area (Å²) in [6, 6.07) is 8.45. The molecule has 3 aliphatic rings. The van der Waals surface area contributed by atoms with E-state index in [0.29, 0.717) is 30.2 Å². The molecule has 1 aliphatic heterocycles. The van der Waals surface area contributed by atoms with Gasteiger partial charge < -0.3 is 15.2 Å². The molecule has 1 amide bonds. The zero-order chi connectivity index (χ0) is 20.6. The summed E-state index contributed by atoms with van der Waals surface area (Å²) in [4.78, 5) is 26.8. The van der Waals surface area contributed by atoms with E-state index in [1.54, 1.807) is 6.20 Å². The molecule has 3 aromatic heterocycles. The molecule has 1 saturated heterocycles. The fourth-order valence-electron chi connectivity index (χ4n) is 5.66. The first kappa shape index (κ1) is 17.2. The van der Waals surface area contributed by atoms with Crippen molar-refractivity contribution in [2.45, 2.75) is 37.3 Å². The van der Waals surface area contributed by atoms with Gasteiger partial charge in [-0.2, -0.15) is 15.2 Å². The number of anilines is 1. The number of likely N-dealkylation sites (tertiary alicyclic amines) is 1. The van der Waals surface area contributed by atoms with Gasteiger partial charge in [-0.25, -0.2) is 4.98 Å². The SMILES string of the molecule is O=C1CCCN1[C@@]12CC1[C@@H](Nc1ncc3c(-c4ccc5nnccc5c4)c[nH]c3n1)C2. The van der Waals surface area contributed by atoms with E-state index in [1.165, 1.54) is 0 Å². The lowest BCUT2D eigenvalue weighted by atomic mass is 9.85. The molecule has 3 atom stereocenters. The van der Waals surface area contributed by atoms with Gasteiger partial charge in [-0.15, -0.1) is 0 Å². The lowest BCUT2D eigenvalue weighted by Crippen LogP contribution is -2.53. The Labute approximate surface area is 178 Å². The lowest BCUT2D eigenvalue weighted by Gasteiger charge is -2.41. The van der Waals surface area contributed by atoms with Crippen LogP contribution in [0.1, 0.15) is 25.7 Å². The van der Waals surface area contributed by atoms with Gasteiger partial charge in [0.15, 0.2) is 0 Å². The first-order chi connectivity index (χ1) is 15.2. The summed E-state index contributed by atoms with van der Waals surface area (Å²) < 4.78 is 0. The molecule has 4 aromatic rings. The Morgan fingerprint density at radius 3 is 3.06 bits per heavy atom. The maximum absolute atomic E-state index is 12.1. The van der Waals surface area contributed by atoms with Gasteiger partial charge in [0.2, 0.25) is 11.9 Å². The normalized spacial score (nSPS) is 26.8. The second kappa shape index (κ2) is 6.00. The van der Waals surface area contributed by atoms with Gasteiger partial charge in [-0.1, -0.05) is 6.07 Å². The molecule has 1 aromatic carbocycles. The van der Waals surface area contributed by atoms with E-state index in [0.717, 1.165) is 58.9 Å². The zero-order valence-electron chi connectivity index (χ0n) is 16.9. The number of carbonyl (C=O) groups excluding carboxylic acids is 1. The Morgan fingerprint density at radius 1 is 1.23 bits per heavy atom. The van der Waals surface area contributed by atoms with Crippen molar-refractivity contribution in [1.82, 2.24) is 30.0 Å². The Kier molecular flexibility index (Phi) is 3.32. The molecule has 154 valence electrons. The third kappa shape index (κ3) is 2.44. The van der Waals surface area contributed by atoms with Crippen LogP contribution in [0.4, 0.5) is 5.95 Å². The van der Waals surface area contributed by atoms with Gasteiger partial charge >= 0.3 is 0 Å². The number of hydrogen-bond acceptors (Lipinski definition) is 6. The summed E-state index contributed by atoms with van der Waals surface area (Å²) in [5, 5.41) is 13.6. The molecule has 8 nitrogen and oxygen atoms in total. The molecule has 3 fully saturated rings. The summed E-state index contributed by atoms with van der Waals surface area (Å²) >= 11 is 0. The van der Waals surface area contributed by atoms with E-state index >= 15 is 0 Å². The van der Waals surface area contributed by atoms with Gasteiger partial charge in [-0.05, 0) is 43.0 Å². The average Bonchev–Trinajstić information content (AvgIpc) is 3.10. The van der Waals surface area contributed by atoms with Gasteiger partial charge in [-0.3, -0.25) is 4.79 Å². The van der Waals surface area contributed by atoms with Gasteiger partial charge in [0.25, 0.3) is 0 Å². The van der Waals surface area contributed by atoms with Crippen LogP contribution in [-0.4, -0.2) is 54.1 Å². The summed E-state index contributed by atoms with van der Waals surface area (Å²) in [5.74, 6) is 1.51. The quantitative estimate of drug-likeness (QED) is 0.535. The lowest BCUT2D eigenvalue weighted by molar-refractivity contribution is -0.132. The highest BCUT2D eigenvalue weighted by Gasteiger charge is 2.71. The van der Waals surface area contributed by atoms with Crippen LogP contribution in [0.15, 0.2) is 42.9 Å². The van der Waals surface area contributed by atoms with Crippen LogP contribution < -0.4 is 5.32 Å². The summed E-state index contributed by atoms with van der Waals surface area (Å²) in [7, 11) is 0. The number of nitrogens with one attached hydrogen (secondary N) is 2. The minimum atomic E-state index is 0.134. The number of amides is 1. The minimum absolute atomic E-state index is 0.134. The van der Waals surface area contributed by atoms with Crippen LogP contribution in [0, 0.1) is 5.92 Å². The third-order valence-electron chi connectivity index (χ3n) is 7.34. The predicted octanol–water partition coefficient (Wildman–Crippen LogP) is 3.13. The summed E-state index contributed by atoms with van der Waals surface area (Å²) in [6.07, 6.45) is 9.40. The number of aromatic amines is 1. The standard InChI is InChI=1S/C23H21N7O/c31-20-2-1-7-30(20)23-9-17(23)19(10-23)27-22-25-12-16-15(11-24-21(16)28-22)13-3-4-18-14(8-13)5-6-26-29-18/h3-6,8,11-12,17,19H,1-2,7,9-10H2,(H2,24,25,27,28)/t17?,19-,23+/m0/s1. The van der Waals surface area contributed by atoms with Crippen LogP contribution in [0.2, 0.25) is 0 Å². The molecule has 2 saturated carbocycles. The average molecular weight is 411 g/mol. The van der Waals surface area contributed by atoms with E-state index in [4.69, 9.17) is 4.98 Å². The second-order valence-electron chi connectivity index (χ2n) is 8.98. The van der Waals surface area contributed by atoms with Crippen molar-refractivity contribution in [3.8, 4) is 11.1 Å². The Morgan fingerprint density at radius 2 is 2.19 bits per heavy atom. The van der Waals surface area contributed by atoms with E-state index in [1.807, 2.05) is 30.6 Å². The predicted molar refractivity (Wildman–Crippen MR) is 116 cm³/mol. The second-order valence-corrected chi connectivity index (χ2v) is 8.98. The third-order valence-corrected chi connectivity index (χ3v) is 7.34. The van der Waals surface area contributed by atoms with Gasteiger partial charge in [0, 0.05) is 53.7 Å². The van der Waals surface area contributed by atoms with Crippen LogP contribution in [0.5, 0.6) is 0 Å². The van der Waals surface area contributed by atoms with Crippen molar-refractivity contribution >= 4 is 33.8 Å². The maximum atomic E-state index is 12.1. The molecule has 2 aliphatic carbocycles. The highest BCUT2D eigenvalue weighted by molar-refractivity contribution is 5.96. The van der Waals surface area contributed by atoms with Crippen molar-refractivity contribution in [2.75, 3.05) is 11.9 Å². The number of benzene rings is 1. The molecule has 31 heavy (non-hydrogen) atoms. The fourth-order valence-corrected chi connectivity index (χ4v) is 5.66. The number of fused-ring (bicyclic) bond motifs is 3. The Bertz CT molecular complexity index is 1360. The first-order valence-electron chi connectivity index (χ1n) is 10.8. The molecular weight excluding hydrogens is 390 g/mol. The molecule has 0 bridgehead atoms. The topological polar surface area (TPSA) is 99.7 Å². The molecule has 7 rings (SSSR count). The monoisotopic (exact) mass is 411 g/mol. The number of rotatable bonds is 4. The zero-order valence-corrected chi connectivity index (χ0v) is 16.9. The van der Waals surface area contributed by atoms with E-state index in [9.17, 15) is 4.79 Å². The van der Waals surface area contributed by atoms with Crippen molar-refractivity contribution < 1.29 is 4.79 Å². The van der Waals surface area contributed by atoms with Crippen LogP contribution >= 0.6 is 0 Å². The molecule has 0 radical (unpaired) electrons. The van der Waals surface area contributed by atoms with Crippen LogP contribution in [0.3, 0.4) is 0 Å². The van der Waals surface area contributed by atoms with E-state index in [-0.39, 0.29) is 5.54 Å². The van der Waals surface area contributed by atoms with Crippen molar-refractivity contribution in [3.63, 3.8) is 0 Å². The number of H-pyrrole nitrogens is 1.